The average molecular weight is 781 g/mol. The first-order chi connectivity index (χ1) is 27.1. The molecule has 3 nitrogen and oxygen atoms in total. The number of rotatable bonds is 21. The van der Waals surface area contributed by atoms with Crippen LogP contribution in [0.2, 0.25) is 0 Å². The lowest BCUT2D eigenvalue weighted by Gasteiger charge is -2.56. The first-order valence-electron chi connectivity index (χ1n) is 26.1. The van der Waals surface area contributed by atoms with Crippen molar-refractivity contribution < 1.29 is 11.4 Å². The van der Waals surface area contributed by atoms with Crippen LogP contribution in [0.4, 0.5) is 0 Å². The second-order valence-electron chi connectivity index (χ2n) is 20.8. The van der Waals surface area contributed by atoms with E-state index in [0.29, 0.717) is 35.5 Å². The molecule has 0 amide bonds. The standard InChI is InChI=1S/3C17H31O.Al/c3*1-2-3-14-17(18,15-10-6-4-7-11-15)16-12-8-5-9-13-16;/h3*15-16H,2-14H2,1H3;/q3*-1;+3. The fourth-order valence-corrected chi connectivity index (χ4v) is 17.2. The van der Waals surface area contributed by atoms with E-state index in [1.54, 1.807) is 0 Å². The summed E-state index contributed by atoms with van der Waals surface area (Å²) < 4.78 is 25.6. The zero-order valence-electron chi connectivity index (χ0n) is 37.3. The molecule has 6 fully saturated rings. The van der Waals surface area contributed by atoms with Crippen molar-refractivity contribution in [3.05, 3.63) is 0 Å². The molecule has 0 unspecified atom stereocenters. The maximum absolute atomic E-state index is 8.55. The molecule has 6 aliphatic rings. The molecule has 0 aromatic carbocycles. The molecule has 0 atom stereocenters. The van der Waals surface area contributed by atoms with E-state index in [1.807, 2.05) is 0 Å². The number of hydrogen-bond donors (Lipinski definition) is 0. The molecule has 4 heteroatoms. The van der Waals surface area contributed by atoms with E-state index in [9.17, 15) is 0 Å². The van der Waals surface area contributed by atoms with Crippen molar-refractivity contribution >= 4 is 15.1 Å². The molecule has 0 saturated heterocycles. The Bertz CT molecular complexity index is 827. The molecule has 6 rings (SSSR count). The van der Waals surface area contributed by atoms with Crippen LogP contribution in [0.15, 0.2) is 0 Å². The summed E-state index contributed by atoms with van der Waals surface area (Å²) >= 11 is -2.66. The van der Waals surface area contributed by atoms with Gasteiger partial charge in [-0.15, -0.1) is 0 Å². The quantitative estimate of drug-likeness (QED) is 0.109. The predicted octanol–water partition coefficient (Wildman–Crippen LogP) is 16.3. The third-order valence-corrected chi connectivity index (χ3v) is 19.4. The van der Waals surface area contributed by atoms with Gasteiger partial charge in [0, 0.05) is 16.8 Å². The summed E-state index contributed by atoms with van der Waals surface area (Å²) in [6, 6.07) is 0. The highest BCUT2D eigenvalue weighted by molar-refractivity contribution is 6.37. The lowest BCUT2D eigenvalue weighted by Crippen LogP contribution is -2.61. The summed E-state index contributed by atoms with van der Waals surface area (Å²) in [5, 5.41) is 0. The van der Waals surface area contributed by atoms with Gasteiger partial charge in [-0.3, -0.25) is 0 Å². The molecule has 0 bridgehead atoms. The summed E-state index contributed by atoms with van der Waals surface area (Å²) in [6.45, 7) is 7.33. The molecular weight excluding hydrogens is 688 g/mol. The Hall–Kier alpha value is 0.412. The summed E-state index contributed by atoms with van der Waals surface area (Å²) in [5.41, 5.74) is -0.170. The van der Waals surface area contributed by atoms with E-state index >= 15 is 0 Å². The fraction of sp³-hybridized carbons (Fsp3) is 1.00. The van der Waals surface area contributed by atoms with Crippen LogP contribution in [0, 0.1) is 35.5 Å². The Kier molecular flexibility index (Phi) is 19.1. The molecule has 0 aromatic rings. The molecule has 6 saturated carbocycles. The van der Waals surface area contributed by atoms with E-state index in [2.05, 4.69) is 20.8 Å². The van der Waals surface area contributed by atoms with E-state index in [4.69, 9.17) is 11.4 Å². The van der Waals surface area contributed by atoms with Crippen LogP contribution < -0.4 is 0 Å². The van der Waals surface area contributed by atoms with Crippen molar-refractivity contribution in [2.24, 2.45) is 35.5 Å². The topological polar surface area (TPSA) is 27.7 Å². The molecule has 6 aliphatic carbocycles. The predicted molar refractivity (Wildman–Crippen MR) is 235 cm³/mol. The normalized spacial score (nSPS) is 24.7. The molecule has 318 valence electrons. The van der Waals surface area contributed by atoms with Crippen molar-refractivity contribution in [2.75, 3.05) is 0 Å². The van der Waals surface area contributed by atoms with Crippen LogP contribution in [-0.4, -0.2) is 32.0 Å². The third kappa shape index (κ3) is 11.4. The summed E-state index contributed by atoms with van der Waals surface area (Å²) in [5.74, 6) is 4.09. The summed E-state index contributed by atoms with van der Waals surface area (Å²) in [4.78, 5) is 0. The molecule has 0 N–H and O–H groups in total. The zero-order valence-corrected chi connectivity index (χ0v) is 38.5. The van der Waals surface area contributed by atoms with Gasteiger partial charge < -0.3 is 11.4 Å². The van der Waals surface area contributed by atoms with E-state index in [0.717, 1.165) is 0 Å². The van der Waals surface area contributed by atoms with E-state index < -0.39 is 15.1 Å². The lowest BCUT2D eigenvalue weighted by atomic mass is 9.64. The highest BCUT2D eigenvalue weighted by atomic mass is 27.3. The average Bonchev–Trinajstić information content (AvgIpc) is 3.27. The maximum atomic E-state index is 8.55. The van der Waals surface area contributed by atoms with Gasteiger partial charge in [0.25, 0.3) is 0 Å². The Morgan fingerprint density at radius 1 is 0.309 bits per heavy atom. The number of hydrogen-bond acceptors (Lipinski definition) is 3. The van der Waals surface area contributed by atoms with Gasteiger partial charge in [0.1, 0.15) is 0 Å². The molecule has 0 aliphatic heterocycles. The van der Waals surface area contributed by atoms with Crippen molar-refractivity contribution in [1.29, 1.82) is 0 Å². The molecule has 0 spiro atoms. The Labute approximate surface area is 348 Å². The van der Waals surface area contributed by atoms with Gasteiger partial charge in [0.05, 0.1) is 0 Å². The van der Waals surface area contributed by atoms with Crippen molar-refractivity contribution in [3.63, 3.8) is 0 Å². The summed E-state index contributed by atoms with van der Waals surface area (Å²) in [6.07, 6.45) is 53.3. The minimum Gasteiger partial charge on any atom is -0.449 e. The first kappa shape index (κ1) is 45.0. The zero-order chi connectivity index (χ0) is 38.2. The minimum absolute atomic E-state index is 0.0566. The molecular formula is C51H93AlO3. The van der Waals surface area contributed by atoms with E-state index in [-0.39, 0.29) is 16.8 Å². The summed E-state index contributed by atoms with van der Waals surface area (Å²) in [7, 11) is 0. The smallest absolute Gasteiger partial charge is 0.449 e. The van der Waals surface area contributed by atoms with Gasteiger partial charge in [-0.1, -0.05) is 175 Å². The van der Waals surface area contributed by atoms with Crippen LogP contribution in [0.25, 0.3) is 0 Å². The Morgan fingerprint density at radius 2 is 0.491 bits per heavy atom. The van der Waals surface area contributed by atoms with Gasteiger partial charge in [-0.25, -0.2) is 0 Å². The van der Waals surface area contributed by atoms with Gasteiger partial charge in [0.15, 0.2) is 0 Å². The van der Waals surface area contributed by atoms with Crippen LogP contribution >= 0.6 is 0 Å². The monoisotopic (exact) mass is 781 g/mol. The van der Waals surface area contributed by atoms with Crippen LogP contribution in [0.5, 0.6) is 0 Å². The largest absolute Gasteiger partial charge is 0.906 e. The highest BCUT2D eigenvalue weighted by Crippen LogP contribution is 2.54. The molecule has 0 radical (unpaired) electrons. The fourth-order valence-electron chi connectivity index (χ4n) is 14.5. The second kappa shape index (κ2) is 23.4. The van der Waals surface area contributed by atoms with Gasteiger partial charge in [-0.05, 0) is 132 Å². The van der Waals surface area contributed by atoms with Crippen molar-refractivity contribution in [2.45, 2.75) is 288 Å². The number of unbranched alkanes of at least 4 members (excludes halogenated alkanes) is 3. The maximum Gasteiger partial charge on any atom is 0.906 e. The molecule has 55 heavy (non-hydrogen) atoms. The van der Waals surface area contributed by atoms with Gasteiger partial charge >= 0.3 is 15.1 Å². The Balaban J connectivity index is 1.50. The minimum atomic E-state index is -2.66. The molecule has 0 heterocycles. The lowest BCUT2D eigenvalue weighted by molar-refractivity contribution is -0.187. The van der Waals surface area contributed by atoms with Crippen molar-refractivity contribution in [3.8, 4) is 0 Å². The van der Waals surface area contributed by atoms with Gasteiger partial charge in [-0.2, -0.15) is 0 Å². The third-order valence-electron chi connectivity index (χ3n) is 17.5. The van der Waals surface area contributed by atoms with Crippen molar-refractivity contribution in [1.82, 2.24) is 0 Å². The van der Waals surface area contributed by atoms with Crippen LogP contribution in [0.3, 0.4) is 0 Å². The van der Waals surface area contributed by atoms with E-state index in [1.165, 1.54) is 250 Å². The first-order valence-corrected chi connectivity index (χ1v) is 27.5. The SMILES string of the molecule is CCCCC([O][Al]([O]C(CCCC)(C1CCCCC1)C1CCCCC1)[O]C(CCCC)(C1CCCCC1)C1CCCCC1)(C1CCCCC1)C1CCCCC1. The van der Waals surface area contributed by atoms with Crippen LogP contribution in [-0.2, 0) is 11.4 Å². The second-order valence-corrected chi connectivity index (χ2v) is 22.1. The molecule has 0 aromatic heterocycles. The Morgan fingerprint density at radius 3 is 0.655 bits per heavy atom. The van der Waals surface area contributed by atoms with Gasteiger partial charge in [0.2, 0.25) is 0 Å². The highest BCUT2D eigenvalue weighted by Gasteiger charge is 2.60. The van der Waals surface area contributed by atoms with Crippen LogP contribution in [0.1, 0.15) is 271 Å².